The van der Waals surface area contributed by atoms with Crippen LogP contribution in [0.3, 0.4) is 0 Å². The number of benzene rings is 3. The fraction of sp³-hybridized carbons (Fsp3) is 0.406. The number of aliphatic hydroxyl groups is 1. The van der Waals surface area contributed by atoms with Gasteiger partial charge in [-0.15, -0.1) is 0 Å². The molecule has 0 unspecified atom stereocenters. The topological polar surface area (TPSA) is 74.2 Å². The maximum atomic E-state index is 12.3. The van der Waals surface area contributed by atoms with Crippen LogP contribution in [0.5, 0.6) is 17.2 Å². The summed E-state index contributed by atoms with van der Waals surface area (Å²) < 4.78 is 21.7. The molecule has 0 amide bonds. The number of carbonyl (C=O) groups excluding carboxylic acids is 1. The third-order valence-electron chi connectivity index (χ3n) is 6.46. The van der Waals surface area contributed by atoms with Crippen molar-refractivity contribution in [2.75, 3.05) is 21.3 Å². The predicted molar refractivity (Wildman–Crippen MR) is 149 cm³/mol. The van der Waals surface area contributed by atoms with Crippen LogP contribution in [0.1, 0.15) is 68.7 Å². The zero-order valence-corrected chi connectivity index (χ0v) is 23.4. The summed E-state index contributed by atoms with van der Waals surface area (Å²) in [5.74, 6) is 2.04. The van der Waals surface area contributed by atoms with E-state index in [4.69, 9.17) is 18.9 Å². The number of ether oxygens (including phenoxy) is 4. The van der Waals surface area contributed by atoms with E-state index in [1.165, 1.54) is 0 Å². The molecule has 0 saturated carbocycles. The van der Waals surface area contributed by atoms with Gasteiger partial charge in [-0.1, -0.05) is 36.8 Å². The molecule has 6 heteroatoms. The summed E-state index contributed by atoms with van der Waals surface area (Å²) in [6, 6.07) is 20.7. The number of carbonyl (C=O) groups is 1. The zero-order chi connectivity index (χ0) is 27.8. The summed E-state index contributed by atoms with van der Waals surface area (Å²) in [5.41, 5.74) is 1.31. The third-order valence-corrected chi connectivity index (χ3v) is 6.46. The number of aryl methyl sites for hydroxylation is 1. The molecule has 0 spiro atoms. The minimum absolute atomic E-state index is 0.166. The van der Waals surface area contributed by atoms with Crippen molar-refractivity contribution in [3.8, 4) is 17.2 Å². The van der Waals surface area contributed by atoms with Crippen molar-refractivity contribution in [3.05, 3.63) is 89.0 Å². The van der Waals surface area contributed by atoms with Gasteiger partial charge in [0.05, 0.1) is 21.3 Å². The summed E-state index contributed by atoms with van der Waals surface area (Å²) in [6.45, 7) is 5.63. The predicted octanol–water partition coefficient (Wildman–Crippen LogP) is 6.44. The Morgan fingerprint density at radius 2 is 1.24 bits per heavy atom. The van der Waals surface area contributed by atoms with Gasteiger partial charge in [-0.05, 0) is 98.7 Å². The molecule has 0 heterocycles. The van der Waals surface area contributed by atoms with E-state index in [2.05, 4.69) is 0 Å². The SMILES string of the molecule is COc1ccc(C(O)(c2ccc(OC)cc2)c2ccc(OC)c(CCCCCC(=O)OC(C)(C)C)c2)cc1. The molecule has 0 aliphatic heterocycles. The average Bonchev–Trinajstić information content (AvgIpc) is 2.91. The Hall–Kier alpha value is -3.51. The van der Waals surface area contributed by atoms with Crippen LogP contribution in [-0.2, 0) is 21.6 Å². The Morgan fingerprint density at radius 1 is 0.711 bits per heavy atom. The maximum absolute atomic E-state index is 12.3. The van der Waals surface area contributed by atoms with Crippen LogP contribution in [0.2, 0.25) is 0 Å². The summed E-state index contributed by atoms with van der Waals surface area (Å²) in [6.07, 6.45) is 3.69. The van der Waals surface area contributed by atoms with E-state index in [9.17, 15) is 9.90 Å². The highest BCUT2D eigenvalue weighted by Crippen LogP contribution is 2.40. The lowest BCUT2D eigenvalue weighted by Gasteiger charge is -2.31. The number of esters is 1. The van der Waals surface area contributed by atoms with Crippen LogP contribution in [-0.4, -0.2) is 38.0 Å². The fourth-order valence-electron chi connectivity index (χ4n) is 4.52. The van der Waals surface area contributed by atoms with Crippen molar-refractivity contribution < 1.29 is 28.8 Å². The van der Waals surface area contributed by atoms with E-state index in [0.29, 0.717) is 17.9 Å². The van der Waals surface area contributed by atoms with Crippen LogP contribution in [0.15, 0.2) is 66.7 Å². The first-order chi connectivity index (χ1) is 18.1. The minimum atomic E-state index is -1.41. The van der Waals surface area contributed by atoms with Crippen LogP contribution < -0.4 is 14.2 Å². The molecule has 0 bridgehead atoms. The molecule has 0 aliphatic carbocycles. The molecule has 0 aliphatic rings. The van der Waals surface area contributed by atoms with Crippen LogP contribution in [0.25, 0.3) is 0 Å². The number of rotatable bonds is 12. The average molecular weight is 521 g/mol. The highest BCUT2D eigenvalue weighted by Gasteiger charge is 2.34. The van der Waals surface area contributed by atoms with Crippen molar-refractivity contribution in [2.45, 2.75) is 64.1 Å². The van der Waals surface area contributed by atoms with Crippen LogP contribution >= 0.6 is 0 Å². The van der Waals surface area contributed by atoms with E-state index in [0.717, 1.165) is 53.7 Å². The molecule has 38 heavy (non-hydrogen) atoms. The minimum Gasteiger partial charge on any atom is -0.497 e. The van der Waals surface area contributed by atoms with Gasteiger partial charge in [0.15, 0.2) is 0 Å². The first-order valence-electron chi connectivity index (χ1n) is 13.0. The van der Waals surface area contributed by atoms with E-state index >= 15 is 0 Å². The largest absolute Gasteiger partial charge is 0.497 e. The van der Waals surface area contributed by atoms with E-state index in [1.54, 1.807) is 21.3 Å². The Kier molecular flexibility index (Phi) is 9.81. The van der Waals surface area contributed by atoms with Gasteiger partial charge < -0.3 is 24.1 Å². The fourth-order valence-corrected chi connectivity index (χ4v) is 4.52. The first kappa shape index (κ1) is 29.1. The molecule has 3 aromatic carbocycles. The normalized spacial score (nSPS) is 11.7. The van der Waals surface area contributed by atoms with Gasteiger partial charge in [-0.3, -0.25) is 4.79 Å². The van der Waals surface area contributed by atoms with Crippen LogP contribution in [0.4, 0.5) is 0 Å². The van der Waals surface area contributed by atoms with Gasteiger partial charge in [0.2, 0.25) is 0 Å². The molecule has 0 saturated heterocycles. The molecular weight excluding hydrogens is 480 g/mol. The van der Waals surface area contributed by atoms with E-state index in [1.807, 2.05) is 87.5 Å². The Bertz CT molecular complexity index is 1130. The lowest BCUT2D eigenvalue weighted by atomic mass is 9.79. The summed E-state index contributed by atoms with van der Waals surface area (Å²) in [4.78, 5) is 12.0. The van der Waals surface area contributed by atoms with Gasteiger partial charge in [-0.2, -0.15) is 0 Å². The molecule has 3 aromatic rings. The lowest BCUT2D eigenvalue weighted by Crippen LogP contribution is -2.29. The molecule has 0 radical (unpaired) electrons. The van der Waals surface area contributed by atoms with Gasteiger partial charge in [0, 0.05) is 6.42 Å². The maximum Gasteiger partial charge on any atom is 0.306 e. The lowest BCUT2D eigenvalue weighted by molar-refractivity contribution is -0.154. The molecular formula is C32H40O6. The molecule has 0 atom stereocenters. The van der Waals surface area contributed by atoms with Crippen molar-refractivity contribution in [1.29, 1.82) is 0 Å². The standard InChI is InChI=1S/C32H40O6/c1-31(2,3)38-30(33)11-9-7-8-10-23-22-26(16-21-29(23)37-6)32(34,24-12-17-27(35-4)18-13-24)25-14-19-28(36-5)20-15-25/h12-22,34H,7-11H2,1-6H3. The van der Waals surface area contributed by atoms with Crippen molar-refractivity contribution in [2.24, 2.45) is 0 Å². The van der Waals surface area contributed by atoms with Gasteiger partial charge >= 0.3 is 5.97 Å². The summed E-state index contributed by atoms with van der Waals surface area (Å²) in [7, 11) is 4.89. The monoisotopic (exact) mass is 520 g/mol. The Morgan fingerprint density at radius 3 is 1.71 bits per heavy atom. The van der Waals surface area contributed by atoms with E-state index in [-0.39, 0.29) is 5.97 Å². The second-order valence-electron chi connectivity index (χ2n) is 10.3. The second kappa shape index (κ2) is 12.8. The van der Waals surface area contributed by atoms with Gasteiger partial charge in [0.1, 0.15) is 28.5 Å². The zero-order valence-electron chi connectivity index (χ0n) is 23.4. The van der Waals surface area contributed by atoms with Crippen molar-refractivity contribution in [1.82, 2.24) is 0 Å². The summed E-state index contributed by atoms with van der Waals surface area (Å²) in [5, 5.41) is 12.3. The van der Waals surface area contributed by atoms with Crippen molar-refractivity contribution in [3.63, 3.8) is 0 Å². The van der Waals surface area contributed by atoms with Crippen LogP contribution in [0, 0.1) is 0 Å². The summed E-state index contributed by atoms with van der Waals surface area (Å²) >= 11 is 0. The van der Waals surface area contributed by atoms with Gasteiger partial charge in [-0.25, -0.2) is 0 Å². The Labute approximate surface area is 226 Å². The molecule has 0 fully saturated rings. The number of methoxy groups -OCH3 is 3. The molecule has 6 nitrogen and oxygen atoms in total. The highest BCUT2D eigenvalue weighted by molar-refractivity contribution is 5.69. The first-order valence-corrected chi connectivity index (χ1v) is 13.0. The second-order valence-corrected chi connectivity index (χ2v) is 10.3. The van der Waals surface area contributed by atoms with Gasteiger partial charge in [0.25, 0.3) is 0 Å². The van der Waals surface area contributed by atoms with E-state index < -0.39 is 11.2 Å². The highest BCUT2D eigenvalue weighted by atomic mass is 16.6. The number of unbranched alkanes of at least 4 members (excludes halogenated alkanes) is 2. The van der Waals surface area contributed by atoms with Crippen molar-refractivity contribution >= 4 is 5.97 Å². The number of hydrogen-bond donors (Lipinski definition) is 1. The number of hydrogen-bond acceptors (Lipinski definition) is 6. The molecule has 0 aromatic heterocycles. The third kappa shape index (κ3) is 7.29. The smallest absolute Gasteiger partial charge is 0.306 e. The molecule has 204 valence electrons. The quantitative estimate of drug-likeness (QED) is 0.168. The molecule has 3 rings (SSSR count). The Balaban J connectivity index is 1.86. The molecule has 1 N–H and O–H groups in total.